The molecule has 1 N–H and O–H groups in total. The van der Waals surface area contributed by atoms with Gasteiger partial charge in [0.25, 0.3) is 0 Å². The minimum absolute atomic E-state index is 0.0901. The molecule has 1 aromatic carbocycles. The van der Waals surface area contributed by atoms with Crippen molar-refractivity contribution in [2.75, 3.05) is 38.0 Å². The number of piperazine rings is 1. The van der Waals surface area contributed by atoms with E-state index >= 15 is 0 Å². The Balaban J connectivity index is 1.82. The third kappa shape index (κ3) is 3.94. The zero-order valence-corrected chi connectivity index (χ0v) is 11.3. The number of amides is 2. The van der Waals surface area contributed by atoms with Crippen molar-refractivity contribution in [3.63, 3.8) is 0 Å². The molecule has 0 aliphatic carbocycles. The van der Waals surface area contributed by atoms with Gasteiger partial charge in [-0.2, -0.15) is 0 Å². The standard InChI is InChI=1S/C13H16ClN3O2/c14-11-3-1-2-4-12(11)15-13(19)9-16-5-7-17(10-18)8-6-16/h1-4,10H,5-9H2,(H,15,19). The lowest BCUT2D eigenvalue weighted by Gasteiger charge is -2.31. The van der Waals surface area contributed by atoms with E-state index in [0.717, 1.165) is 6.41 Å². The summed E-state index contributed by atoms with van der Waals surface area (Å²) in [6.07, 6.45) is 0.848. The predicted octanol–water partition coefficient (Wildman–Crippen LogP) is 1.05. The SMILES string of the molecule is O=CN1CCN(CC(=O)Nc2ccccc2Cl)CC1. The zero-order valence-electron chi connectivity index (χ0n) is 10.5. The second-order valence-corrected chi connectivity index (χ2v) is 4.85. The number of hydrogen-bond donors (Lipinski definition) is 1. The summed E-state index contributed by atoms with van der Waals surface area (Å²) < 4.78 is 0. The third-order valence-corrected chi connectivity index (χ3v) is 3.40. The average molecular weight is 282 g/mol. The monoisotopic (exact) mass is 281 g/mol. The van der Waals surface area contributed by atoms with Crippen LogP contribution in [0.2, 0.25) is 5.02 Å². The lowest BCUT2D eigenvalue weighted by Crippen LogP contribution is -2.48. The number of anilines is 1. The van der Waals surface area contributed by atoms with Crippen LogP contribution in [0, 0.1) is 0 Å². The summed E-state index contributed by atoms with van der Waals surface area (Å²) in [4.78, 5) is 26.2. The lowest BCUT2D eigenvalue weighted by molar-refractivity contribution is -0.120. The maximum atomic E-state index is 11.9. The van der Waals surface area contributed by atoms with Crippen molar-refractivity contribution in [1.82, 2.24) is 9.80 Å². The number of benzene rings is 1. The van der Waals surface area contributed by atoms with Gasteiger partial charge in [0.1, 0.15) is 0 Å². The molecule has 1 heterocycles. The Morgan fingerprint density at radius 3 is 2.58 bits per heavy atom. The van der Waals surface area contributed by atoms with Gasteiger partial charge in [0.05, 0.1) is 17.3 Å². The van der Waals surface area contributed by atoms with Crippen LogP contribution in [0.25, 0.3) is 0 Å². The molecule has 0 aromatic heterocycles. The van der Waals surface area contributed by atoms with E-state index in [4.69, 9.17) is 11.6 Å². The molecule has 6 heteroatoms. The molecule has 2 rings (SSSR count). The smallest absolute Gasteiger partial charge is 0.238 e. The second kappa shape index (κ2) is 6.54. The molecule has 0 atom stereocenters. The van der Waals surface area contributed by atoms with E-state index in [1.165, 1.54) is 0 Å². The minimum Gasteiger partial charge on any atom is -0.343 e. The van der Waals surface area contributed by atoms with Gasteiger partial charge in [-0.25, -0.2) is 0 Å². The van der Waals surface area contributed by atoms with Crippen LogP contribution < -0.4 is 5.32 Å². The predicted molar refractivity (Wildman–Crippen MR) is 74.2 cm³/mol. The molecule has 0 saturated carbocycles. The number of para-hydroxylation sites is 1. The van der Waals surface area contributed by atoms with E-state index in [0.29, 0.717) is 43.4 Å². The molecule has 2 amide bonds. The molecule has 0 bridgehead atoms. The van der Waals surface area contributed by atoms with Crippen LogP contribution in [-0.2, 0) is 9.59 Å². The van der Waals surface area contributed by atoms with E-state index in [-0.39, 0.29) is 5.91 Å². The summed E-state index contributed by atoms with van der Waals surface area (Å²) >= 11 is 5.98. The van der Waals surface area contributed by atoms with Crippen LogP contribution in [0.4, 0.5) is 5.69 Å². The first-order chi connectivity index (χ1) is 9.19. The van der Waals surface area contributed by atoms with Crippen LogP contribution in [0.15, 0.2) is 24.3 Å². The van der Waals surface area contributed by atoms with Gasteiger partial charge < -0.3 is 10.2 Å². The van der Waals surface area contributed by atoms with Gasteiger partial charge in [0.2, 0.25) is 12.3 Å². The van der Waals surface area contributed by atoms with Crippen molar-refractivity contribution in [2.24, 2.45) is 0 Å². The van der Waals surface area contributed by atoms with E-state index < -0.39 is 0 Å². The van der Waals surface area contributed by atoms with Crippen LogP contribution in [0.1, 0.15) is 0 Å². The Morgan fingerprint density at radius 1 is 1.26 bits per heavy atom. The maximum Gasteiger partial charge on any atom is 0.238 e. The topological polar surface area (TPSA) is 52.7 Å². The third-order valence-electron chi connectivity index (χ3n) is 3.07. The summed E-state index contributed by atoms with van der Waals surface area (Å²) in [5.74, 6) is -0.0901. The summed E-state index contributed by atoms with van der Waals surface area (Å²) in [7, 11) is 0. The summed E-state index contributed by atoms with van der Waals surface area (Å²) in [5, 5.41) is 3.32. The van der Waals surface area contributed by atoms with Crippen molar-refractivity contribution in [3.05, 3.63) is 29.3 Å². The quantitative estimate of drug-likeness (QED) is 0.840. The Bertz CT molecular complexity index is 459. The highest BCUT2D eigenvalue weighted by atomic mass is 35.5. The molecule has 102 valence electrons. The molecule has 5 nitrogen and oxygen atoms in total. The van der Waals surface area contributed by atoms with Crippen molar-refractivity contribution in [3.8, 4) is 0 Å². The van der Waals surface area contributed by atoms with Gasteiger partial charge in [-0.05, 0) is 12.1 Å². The average Bonchev–Trinajstić information content (AvgIpc) is 2.42. The minimum atomic E-state index is -0.0901. The molecular formula is C13H16ClN3O2. The first-order valence-corrected chi connectivity index (χ1v) is 6.53. The van der Waals surface area contributed by atoms with Crippen LogP contribution >= 0.6 is 11.6 Å². The van der Waals surface area contributed by atoms with E-state index in [1.807, 2.05) is 17.0 Å². The molecule has 1 fully saturated rings. The highest BCUT2D eigenvalue weighted by Gasteiger charge is 2.17. The Kier molecular flexibility index (Phi) is 4.76. The molecule has 1 aliphatic heterocycles. The first-order valence-electron chi connectivity index (χ1n) is 6.15. The number of hydrogen-bond acceptors (Lipinski definition) is 3. The Labute approximate surface area is 117 Å². The molecule has 1 aromatic rings. The number of nitrogens with one attached hydrogen (secondary N) is 1. The maximum absolute atomic E-state index is 11.9. The van der Waals surface area contributed by atoms with Gasteiger partial charge >= 0.3 is 0 Å². The fourth-order valence-electron chi connectivity index (χ4n) is 1.98. The number of carbonyl (C=O) groups excluding carboxylic acids is 2. The molecule has 0 radical (unpaired) electrons. The van der Waals surface area contributed by atoms with Crippen molar-refractivity contribution in [2.45, 2.75) is 0 Å². The van der Waals surface area contributed by atoms with Crippen LogP contribution in [0.5, 0.6) is 0 Å². The van der Waals surface area contributed by atoms with Crippen molar-refractivity contribution in [1.29, 1.82) is 0 Å². The molecule has 1 saturated heterocycles. The fraction of sp³-hybridized carbons (Fsp3) is 0.385. The molecule has 1 aliphatic rings. The molecular weight excluding hydrogens is 266 g/mol. The highest BCUT2D eigenvalue weighted by molar-refractivity contribution is 6.33. The van der Waals surface area contributed by atoms with Gasteiger partial charge in [-0.1, -0.05) is 23.7 Å². The van der Waals surface area contributed by atoms with Gasteiger partial charge in [-0.15, -0.1) is 0 Å². The van der Waals surface area contributed by atoms with Crippen molar-refractivity contribution < 1.29 is 9.59 Å². The zero-order chi connectivity index (χ0) is 13.7. The Morgan fingerprint density at radius 2 is 1.95 bits per heavy atom. The number of rotatable bonds is 4. The number of halogens is 1. The summed E-state index contributed by atoms with van der Waals surface area (Å²) in [6, 6.07) is 7.14. The summed E-state index contributed by atoms with van der Waals surface area (Å²) in [6.45, 7) is 3.09. The molecule has 0 unspecified atom stereocenters. The van der Waals surface area contributed by atoms with E-state index in [9.17, 15) is 9.59 Å². The van der Waals surface area contributed by atoms with E-state index in [2.05, 4.69) is 5.32 Å². The van der Waals surface area contributed by atoms with Gasteiger partial charge in [0, 0.05) is 26.2 Å². The fourth-order valence-corrected chi connectivity index (χ4v) is 2.17. The van der Waals surface area contributed by atoms with Crippen LogP contribution in [-0.4, -0.2) is 54.8 Å². The first kappa shape index (κ1) is 13.8. The number of carbonyl (C=O) groups is 2. The normalized spacial score (nSPS) is 16.2. The molecule has 0 spiro atoms. The van der Waals surface area contributed by atoms with Gasteiger partial charge in [-0.3, -0.25) is 14.5 Å². The second-order valence-electron chi connectivity index (χ2n) is 4.45. The largest absolute Gasteiger partial charge is 0.343 e. The summed E-state index contributed by atoms with van der Waals surface area (Å²) in [5.41, 5.74) is 0.626. The molecule has 19 heavy (non-hydrogen) atoms. The van der Waals surface area contributed by atoms with Crippen LogP contribution in [0.3, 0.4) is 0 Å². The highest BCUT2D eigenvalue weighted by Crippen LogP contribution is 2.20. The lowest BCUT2D eigenvalue weighted by atomic mass is 10.3. The van der Waals surface area contributed by atoms with E-state index in [1.54, 1.807) is 17.0 Å². The number of nitrogens with zero attached hydrogens (tertiary/aromatic N) is 2. The van der Waals surface area contributed by atoms with Gasteiger partial charge in [0.15, 0.2) is 0 Å². The van der Waals surface area contributed by atoms with Crippen molar-refractivity contribution >= 4 is 29.6 Å². The Hall–Kier alpha value is -1.59.